The Morgan fingerprint density at radius 2 is 1.62 bits per heavy atom. The fourth-order valence-corrected chi connectivity index (χ4v) is 2.77. The SMILES string of the molecule is C=C(C[C@H](C)OC(=O)N(C)C)C[C@@H](Nc1ccccc1)c1ccccc1. The molecule has 0 aliphatic carbocycles. The van der Waals surface area contributed by atoms with Gasteiger partial charge in [0.15, 0.2) is 0 Å². The zero-order chi connectivity index (χ0) is 18.9. The van der Waals surface area contributed by atoms with Crippen LogP contribution in [0, 0.1) is 0 Å². The van der Waals surface area contributed by atoms with E-state index in [1.807, 2.05) is 43.3 Å². The summed E-state index contributed by atoms with van der Waals surface area (Å²) in [6.07, 6.45) is 0.875. The quantitative estimate of drug-likeness (QED) is 0.659. The van der Waals surface area contributed by atoms with Gasteiger partial charge in [-0.3, -0.25) is 0 Å². The molecule has 26 heavy (non-hydrogen) atoms. The van der Waals surface area contributed by atoms with Crippen LogP contribution < -0.4 is 5.32 Å². The van der Waals surface area contributed by atoms with E-state index in [1.54, 1.807) is 14.1 Å². The summed E-state index contributed by atoms with van der Waals surface area (Å²) in [5.74, 6) is 0. The molecule has 0 aliphatic heterocycles. The number of rotatable bonds is 8. The summed E-state index contributed by atoms with van der Waals surface area (Å²) < 4.78 is 5.39. The molecule has 1 N–H and O–H groups in total. The molecule has 2 aromatic rings. The van der Waals surface area contributed by atoms with Crippen molar-refractivity contribution in [1.82, 2.24) is 4.90 Å². The Bertz CT molecular complexity index is 699. The Kier molecular flexibility index (Phi) is 7.27. The van der Waals surface area contributed by atoms with Gasteiger partial charge in [-0.1, -0.05) is 60.7 Å². The number of benzene rings is 2. The van der Waals surface area contributed by atoms with E-state index in [0.29, 0.717) is 6.42 Å². The third kappa shape index (κ3) is 6.28. The van der Waals surface area contributed by atoms with Crippen molar-refractivity contribution in [2.24, 2.45) is 0 Å². The minimum atomic E-state index is -0.327. The molecule has 2 atom stereocenters. The van der Waals surface area contributed by atoms with Crippen molar-refractivity contribution in [3.05, 3.63) is 78.4 Å². The van der Waals surface area contributed by atoms with E-state index in [2.05, 4.69) is 36.2 Å². The second kappa shape index (κ2) is 9.66. The highest BCUT2D eigenvalue weighted by molar-refractivity contribution is 5.66. The van der Waals surface area contributed by atoms with Gasteiger partial charge in [0.05, 0.1) is 6.04 Å². The molecule has 0 bridgehead atoms. The molecule has 0 spiro atoms. The van der Waals surface area contributed by atoms with Gasteiger partial charge in [-0.2, -0.15) is 0 Å². The molecule has 138 valence electrons. The molecule has 1 amide bonds. The first-order valence-electron chi connectivity index (χ1n) is 8.87. The van der Waals surface area contributed by atoms with Crippen molar-refractivity contribution in [2.75, 3.05) is 19.4 Å². The molecule has 0 saturated heterocycles. The maximum absolute atomic E-state index is 11.7. The van der Waals surface area contributed by atoms with Gasteiger partial charge in [-0.05, 0) is 31.0 Å². The number of ether oxygens (including phenoxy) is 1. The Hall–Kier alpha value is -2.75. The summed E-state index contributed by atoms with van der Waals surface area (Å²) >= 11 is 0. The van der Waals surface area contributed by atoms with E-state index in [9.17, 15) is 4.79 Å². The Morgan fingerprint density at radius 3 is 2.19 bits per heavy atom. The van der Waals surface area contributed by atoms with Gasteiger partial charge in [0.2, 0.25) is 0 Å². The smallest absolute Gasteiger partial charge is 0.409 e. The van der Waals surface area contributed by atoms with Crippen molar-refractivity contribution >= 4 is 11.8 Å². The Morgan fingerprint density at radius 1 is 1.04 bits per heavy atom. The number of nitrogens with zero attached hydrogens (tertiary/aromatic N) is 1. The largest absolute Gasteiger partial charge is 0.446 e. The number of amides is 1. The molecule has 0 aromatic heterocycles. The minimum Gasteiger partial charge on any atom is -0.446 e. The summed E-state index contributed by atoms with van der Waals surface area (Å²) in [6.45, 7) is 6.11. The fourth-order valence-electron chi connectivity index (χ4n) is 2.77. The number of nitrogens with one attached hydrogen (secondary N) is 1. The van der Waals surface area contributed by atoms with Crippen molar-refractivity contribution < 1.29 is 9.53 Å². The number of para-hydroxylation sites is 1. The maximum atomic E-state index is 11.7. The van der Waals surface area contributed by atoms with Crippen molar-refractivity contribution in [1.29, 1.82) is 0 Å². The Labute approximate surface area is 156 Å². The summed E-state index contributed by atoms with van der Waals surface area (Å²) in [5, 5.41) is 3.58. The molecular weight excluding hydrogens is 324 g/mol. The average molecular weight is 352 g/mol. The number of anilines is 1. The van der Waals surface area contributed by atoms with Crippen LogP contribution in [0.15, 0.2) is 72.8 Å². The van der Waals surface area contributed by atoms with Crippen LogP contribution in [0.4, 0.5) is 10.5 Å². The molecule has 4 heteroatoms. The lowest BCUT2D eigenvalue weighted by Crippen LogP contribution is -2.27. The lowest BCUT2D eigenvalue weighted by molar-refractivity contribution is 0.0825. The van der Waals surface area contributed by atoms with E-state index >= 15 is 0 Å². The van der Waals surface area contributed by atoms with Crippen molar-refractivity contribution in [3.63, 3.8) is 0 Å². The first kappa shape index (κ1) is 19.6. The highest BCUT2D eigenvalue weighted by atomic mass is 16.6. The predicted octanol–water partition coefficient (Wildman–Crippen LogP) is 5.26. The van der Waals surface area contributed by atoms with E-state index in [-0.39, 0.29) is 18.2 Å². The molecule has 2 rings (SSSR count). The summed E-state index contributed by atoms with van der Waals surface area (Å²) in [4.78, 5) is 13.1. The lowest BCUT2D eigenvalue weighted by Gasteiger charge is -2.23. The van der Waals surface area contributed by atoms with E-state index in [1.165, 1.54) is 10.5 Å². The van der Waals surface area contributed by atoms with Crippen LogP contribution in [0.1, 0.15) is 31.4 Å². The Balaban J connectivity index is 2.02. The molecule has 0 heterocycles. The second-order valence-electron chi connectivity index (χ2n) is 6.72. The van der Waals surface area contributed by atoms with Crippen molar-refractivity contribution in [2.45, 2.75) is 31.9 Å². The standard InChI is InChI=1S/C22H28N2O2/c1-17(15-18(2)26-22(25)24(3)4)16-21(19-11-7-5-8-12-19)23-20-13-9-6-10-14-20/h5-14,18,21,23H,1,15-16H2,2-4H3/t18-,21+/m0/s1. The van der Waals surface area contributed by atoms with Gasteiger partial charge in [0.25, 0.3) is 0 Å². The predicted molar refractivity (Wildman–Crippen MR) is 107 cm³/mol. The van der Waals surface area contributed by atoms with Gasteiger partial charge in [0, 0.05) is 26.2 Å². The molecule has 0 fully saturated rings. The zero-order valence-corrected chi connectivity index (χ0v) is 15.8. The molecule has 4 nitrogen and oxygen atoms in total. The van der Waals surface area contributed by atoms with Gasteiger partial charge in [-0.25, -0.2) is 4.79 Å². The average Bonchev–Trinajstić information content (AvgIpc) is 2.62. The van der Waals surface area contributed by atoms with E-state index < -0.39 is 0 Å². The second-order valence-corrected chi connectivity index (χ2v) is 6.72. The van der Waals surface area contributed by atoms with Crippen LogP contribution in [0.25, 0.3) is 0 Å². The molecular formula is C22H28N2O2. The van der Waals surface area contributed by atoms with Crippen LogP contribution in [-0.2, 0) is 4.74 Å². The topological polar surface area (TPSA) is 41.6 Å². The summed E-state index contributed by atoms with van der Waals surface area (Å²) in [5.41, 5.74) is 3.32. The van der Waals surface area contributed by atoms with Gasteiger partial charge in [-0.15, -0.1) is 0 Å². The first-order chi connectivity index (χ1) is 12.5. The van der Waals surface area contributed by atoms with Crippen molar-refractivity contribution in [3.8, 4) is 0 Å². The molecule has 2 aromatic carbocycles. The molecule has 0 saturated carbocycles. The first-order valence-corrected chi connectivity index (χ1v) is 8.87. The molecule has 0 aliphatic rings. The lowest BCUT2D eigenvalue weighted by atomic mass is 9.96. The highest BCUT2D eigenvalue weighted by Gasteiger charge is 2.17. The van der Waals surface area contributed by atoms with E-state index in [4.69, 9.17) is 4.74 Å². The highest BCUT2D eigenvalue weighted by Crippen LogP contribution is 2.27. The monoisotopic (exact) mass is 352 g/mol. The zero-order valence-electron chi connectivity index (χ0n) is 15.8. The number of hydrogen-bond donors (Lipinski definition) is 1. The van der Waals surface area contributed by atoms with Gasteiger partial charge >= 0.3 is 6.09 Å². The number of hydrogen-bond acceptors (Lipinski definition) is 3. The third-order valence-corrected chi connectivity index (χ3v) is 4.05. The molecule has 0 unspecified atom stereocenters. The van der Waals surface area contributed by atoms with Crippen LogP contribution in [0.5, 0.6) is 0 Å². The van der Waals surface area contributed by atoms with Crippen LogP contribution in [-0.4, -0.2) is 31.2 Å². The van der Waals surface area contributed by atoms with Gasteiger partial charge < -0.3 is 15.0 Å². The minimum absolute atomic E-state index is 0.114. The number of carbonyl (C=O) groups excluding carboxylic acids is 1. The van der Waals surface area contributed by atoms with Gasteiger partial charge in [0.1, 0.15) is 6.10 Å². The third-order valence-electron chi connectivity index (χ3n) is 4.05. The summed E-state index contributed by atoms with van der Waals surface area (Å²) in [7, 11) is 3.36. The van der Waals surface area contributed by atoms with Crippen LogP contribution >= 0.6 is 0 Å². The fraction of sp³-hybridized carbons (Fsp3) is 0.318. The summed E-state index contributed by atoms with van der Waals surface area (Å²) in [6, 6.07) is 20.6. The normalized spacial score (nSPS) is 12.7. The molecule has 0 radical (unpaired) electrons. The van der Waals surface area contributed by atoms with Crippen LogP contribution in [0.2, 0.25) is 0 Å². The maximum Gasteiger partial charge on any atom is 0.409 e. The van der Waals surface area contributed by atoms with Crippen LogP contribution in [0.3, 0.4) is 0 Å². The van der Waals surface area contributed by atoms with E-state index in [0.717, 1.165) is 17.7 Å². The number of carbonyl (C=O) groups is 1.